The molecule has 4 rings (SSSR count). The Labute approximate surface area is 133 Å². The zero-order chi connectivity index (χ0) is 14.9. The van der Waals surface area contributed by atoms with E-state index in [9.17, 15) is 4.79 Å². The fourth-order valence-corrected chi connectivity index (χ4v) is 4.17. The van der Waals surface area contributed by atoms with E-state index in [1.165, 1.54) is 5.56 Å². The topological polar surface area (TPSA) is 24.7 Å². The molecular weight excluding hydrogens is 292 g/mol. The van der Waals surface area contributed by atoms with Gasteiger partial charge in [0.2, 0.25) is 0 Å². The van der Waals surface area contributed by atoms with Crippen molar-refractivity contribution in [1.82, 2.24) is 9.30 Å². The third kappa shape index (κ3) is 2.29. The van der Waals surface area contributed by atoms with Crippen LogP contribution < -0.4 is 0 Å². The Hall–Kier alpha value is -2.20. The maximum Gasteiger partial charge on any atom is 0.256 e. The van der Waals surface area contributed by atoms with Crippen LogP contribution in [0.5, 0.6) is 0 Å². The fraction of sp³-hybridized carbons (Fsp3) is 0.167. The number of thioether (sulfide) groups is 1. The van der Waals surface area contributed by atoms with Crippen molar-refractivity contribution in [3.8, 4) is 0 Å². The maximum absolute atomic E-state index is 12.9. The summed E-state index contributed by atoms with van der Waals surface area (Å²) in [5, 5.41) is 0.122. The van der Waals surface area contributed by atoms with E-state index in [4.69, 9.17) is 0 Å². The smallest absolute Gasteiger partial charge is 0.256 e. The highest BCUT2D eigenvalue weighted by atomic mass is 32.2. The normalized spacial score (nSPS) is 18.0. The molecule has 1 amide bonds. The van der Waals surface area contributed by atoms with Crippen LogP contribution >= 0.6 is 11.8 Å². The van der Waals surface area contributed by atoms with Crippen molar-refractivity contribution in [1.29, 1.82) is 0 Å². The van der Waals surface area contributed by atoms with Crippen LogP contribution in [0.2, 0.25) is 0 Å². The van der Waals surface area contributed by atoms with E-state index < -0.39 is 0 Å². The summed E-state index contributed by atoms with van der Waals surface area (Å²) in [6, 6.07) is 18.2. The molecule has 1 unspecified atom stereocenters. The molecule has 1 saturated heterocycles. The first-order chi connectivity index (χ1) is 10.8. The van der Waals surface area contributed by atoms with Gasteiger partial charge in [-0.05, 0) is 23.8 Å². The first-order valence-electron chi connectivity index (χ1n) is 7.37. The van der Waals surface area contributed by atoms with Crippen molar-refractivity contribution in [2.24, 2.45) is 0 Å². The van der Waals surface area contributed by atoms with Gasteiger partial charge in [-0.3, -0.25) is 4.79 Å². The molecule has 3 aromatic rings. The molecule has 3 nitrogen and oxygen atoms in total. The van der Waals surface area contributed by atoms with Crippen LogP contribution in [0.3, 0.4) is 0 Å². The molecule has 0 spiro atoms. The van der Waals surface area contributed by atoms with Gasteiger partial charge in [0, 0.05) is 30.2 Å². The largest absolute Gasteiger partial charge is 0.323 e. The summed E-state index contributed by atoms with van der Waals surface area (Å²) < 4.78 is 1.99. The van der Waals surface area contributed by atoms with Crippen LogP contribution in [0.4, 0.5) is 0 Å². The molecule has 0 radical (unpaired) electrons. The van der Waals surface area contributed by atoms with Gasteiger partial charge in [0.05, 0.1) is 5.56 Å². The molecule has 4 heteroatoms. The van der Waals surface area contributed by atoms with Gasteiger partial charge in [0.15, 0.2) is 0 Å². The number of carbonyl (C=O) groups is 1. The molecule has 0 bridgehead atoms. The minimum absolute atomic E-state index is 0.113. The van der Waals surface area contributed by atoms with Crippen molar-refractivity contribution >= 4 is 23.2 Å². The second-order valence-corrected chi connectivity index (χ2v) is 6.58. The molecule has 0 saturated carbocycles. The molecule has 0 aliphatic carbocycles. The lowest BCUT2D eigenvalue weighted by Gasteiger charge is -2.23. The van der Waals surface area contributed by atoms with Crippen LogP contribution in [0.15, 0.2) is 67.0 Å². The predicted octanol–water partition coefficient (Wildman–Crippen LogP) is 3.83. The molecule has 110 valence electrons. The van der Waals surface area contributed by atoms with E-state index in [1.807, 2.05) is 75.9 Å². The Balaban J connectivity index is 1.66. The van der Waals surface area contributed by atoms with Gasteiger partial charge in [-0.15, -0.1) is 11.8 Å². The van der Waals surface area contributed by atoms with E-state index in [-0.39, 0.29) is 11.3 Å². The van der Waals surface area contributed by atoms with Gasteiger partial charge >= 0.3 is 0 Å². The third-order valence-electron chi connectivity index (χ3n) is 3.99. The van der Waals surface area contributed by atoms with E-state index in [0.717, 1.165) is 23.4 Å². The standard InChI is InChI=1S/C18H16N2OS/c21-17(15-12-16-8-4-5-9-19(16)13-15)20-10-11-22-18(20)14-6-2-1-3-7-14/h1-9,12-13,18H,10-11H2. The van der Waals surface area contributed by atoms with Gasteiger partial charge in [0.25, 0.3) is 5.91 Å². The fourth-order valence-electron chi connectivity index (χ4n) is 2.91. The van der Waals surface area contributed by atoms with Crippen molar-refractivity contribution in [3.63, 3.8) is 0 Å². The number of pyridine rings is 1. The van der Waals surface area contributed by atoms with E-state index in [1.54, 1.807) is 0 Å². The molecule has 1 aromatic carbocycles. The number of amides is 1. The molecule has 3 heterocycles. The number of nitrogens with zero attached hydrogens (tertiary/aromatic N) is 2. The molecule has 1 aliphatic heterocycles. The highest BCUT2D eigenvalue weighted by molar-refractivity contribution is 7.99. The average molecular weight is 308 g/mol. The molecule has 22 heavy (non-hydrogen) atoms. The summed E-state index contributed by atoms with van der Waals surface area (Å²) in [5.74, 6) is 1.10. The molecule has 1 aliphatic rings. The van der Waals surface area contributed by atoms with Crippen molar-refractivity contribution in [2.45, 2.75) is 5.37 Å². The Kier molecular flexibility index (Phi) is 3.39. The zero-order valence-electron chi connectivity index (χ0n) is 12.1. The highest BCUT2D eigenvalue weighted by Crippen LogP contribution is 2.38. The minimum Gasteiger partial charge on any atom is -0.323 e. The van der Waals surface area contributed by atoms with Crippen LogP contribution in [-0.2, 0) is 0 Å². The monoisotopic (exact) mass is 308 g/mol. The van der Waals surface area contributed by atoms with Crippen molar-refractivity contribution in [3.05, 3.63) is 78.1 Å². The number of fused-ring (bicyclic) bond motifs is 1. The Bertz CT molecular complexity index is 779. The Morgan fingerprint density at radius 1 is 1.09 bits per heavy atom. The summed E-state index contributed by atoms with van der Waals surface area (Å²) in [5.41, 5.74) is 3.01. The van der Waals surface area contributed by atoms with E-state index in [0.29, 0.717) is 0 Å². The summed E-state index contributed by atoms with van der Waals surface area (Å²) in [6.07, 6.45) is 3.89. The highest BCUT2D eigenvalue weighted by Gasteiger charge is 2.31. The lowest BCUT2D eigenvalue weighted by Crippen LogP contribution is -2.30. The second kappa shape index (κ2) is 5.54. The number of rotatable bonds is 2. The number of hydrogen-bond donors (Lipinski definition) is 0. The van der Waals surface area contributed by atoms with Crippen molar-refractivity contribution < 1.29 is 4.79 Å². The summed E-state index contributed by atoms with van der Waals surface area (Å²) in [6.45, 7) is 0.801. The van der Waals surface area contributed by atoms with Crippen molar-refractivity contribution in [2.75, 3.05) is 12.3 Å². The third-order valence-corrected chi connectivity index (χ3v) is 5.25. The Morgan fingerprint density at radius 2 is 1.91 bits per heavy atom. The van der Waals surface area contributed by atoms with Gasteiger partial charge in [-0.2, -0.15) is 0 Å². The minimum atomic E-state index is 0.113. The van der Waals surface area contributed by atoms with E-state index in [2.05, 4.69) is 12.1 Å². The van der Waals surface area contributed by atoms with Crippen LogP contribution in [0, 0.1) is 0 Å². The van der Waals surface area contributed by atoms with Gasteiger partial charge in [-0.25, -0.2) is 0 Å². The predicted molar refractivity (Wildman–Crippen MR) is 90.1 cm³/mol. The second-order valence-electron chi connectivity index (χ2n) is 5.39. The van der Waals surface area contributed by atoms with Crippen LogP contribution in [0.1, 0.15) is 21.3 Å². The maximum atomic E-state index is 12.9. The molecule has 1 atom stereocenters. The van der Waals surface area contributed by atoms with Crippen LogP contribution in [-0.4, -0.2) is 27.5 Å². The quantitative estimate of drug-likeness (QED) is 0.719. The SMILES string of the molecule is O=C(c1cc2ccccn2c1)N1CCSC1c1ccccc1. The van der Waals surface area contributed by atoms with Gasteiger partial charge < -0.3 is 9.30 Å². The lowest BCUT2D eigenvalue weighted by atomic mass is 10.2. The first-order valence-corrected chi connectivity index (χ1v) is 8.42. The molecular formula is C18H16N2OS. The van der Waals surface area contributed by atoms with Gasteiger partial charge in [-0.1, -0.05) is 36.4 Å². The average Bonchev–Trinajstić information content (AvgIpc) is 3.21. The van der Waals surface area contributed by atoms with E-state index >= 15 is 0 Å². The molecule has 0 N–H and O–H groups in total. The summed E-state index contributed by atoms with van der Waals surface area (Å²) >= 11 is 1.83. The summed E-state index contributed by atoms with van der Waals surface area (Å²) in [7, 11) is 0. The van der Waals surface area contributed by atoms with Gasteiger partial charge in [0.1, 0.15) is 5.37 Å². The first kappa shape index (κ1) is 13.5. The molecule has 1 fully saturated rings. The number of aromatic nitrogens is 1. The Morgan fingerprint density at radius 3 is 2.73 bits per heavy atom. The number of benzene rings is 1. The molecule has 2 aromatic heterocycles. The number of carbonyl (C=O) groups excluding carboxylic acids is 1. The number of hydrogen-bond acceptors (Lipinski definition) is 2. The van der Waals surface area contributed by atoms with Crippen LogP contribution in [0.25, 0.3) is 5.52 Å². The zero-order valence-corrected chi connectivity index (χ0v) is 12.9. The lowest BCUT2D eigenvalue weighted by molar-refractivity contribution is 0.0760. The summed E-state index contributed by atoms with van der Waals surface area (Å²) in [4.78, 5) is 14.9.